The molecule has 2 rings (SSSR count). The second-order valence-electron chi connectivity index (χ2n) is 5.42. The van der Waals surface area contributed by atoms with E-state index < -0.39 is 0 Å². The van der Waals surface area contributed by atoms with Gasteiger partial charge in [0.15, 0.2) is 0 Å². The molecule has 0 saturated carbocycles. The Hall–Kier alpha value is -1.51. The molecule has 1 atom stereocenters. The molecule has 1 aromatic rings. The Labute approximate surface area is 96.4 Å². The van der Waals surface area contributed by atoms with Crippen molar-refractivity contribution < 1.29 is 0 Å². The molecule has 0 radical (unpaired) electrons. The van der Waals surface area contributed by atoms with Crippen molar-refractivity contribution in [1.29, 1.82) is 0 Å². The zero-order valence-electron chi connectivity index (χ0n) is 10.2. The fraction of sp³-hybridized carbons (Fsp3) is 0.462. The van der Waals surface area contributed by atoms with Crippen LogP contribution in [-0.4, -0.2) is 16.2 Å². The van der Waals surface area contributed by atoms with E-state index in [9.17, 15) is 0 Å². The molecule has 1 aliphatic heterocycles. The summed E-state index contributed by atoms with van der Waals surface area (Å²) in [5.41, 5.74) is 1.79. The van der Waals surface area contributed by atoms with Crippen LogP contribution in [0, 0.1) is 10.8 Å². The van der Waals surface area contributed by atoms with Gasteiger partial charge in [-0.05, 0) is 11.5 Å². The highest BCUT2D eigenvalue weighted by Gasteiger charge is 2.34. The lowest BCUT2D eigenvalue weighted by atomic mass is 9.68. The highest BCUT2D eigenvalue weighted by molar-refractivity contribution is 5.79. The van der Waals surface area contributed by atoms with Crippen LogP contribution < -0.4 is 0 Å². The van der Waals surface area contributed by atoms with Gasteiger partial charge in [-0.25, -0.2) is 9.97 Å². The summed E-state index contributed by atoms with van der Waals surface area (Å²) in [5, 5.41) is 0. The van der Waals surface area contributed by atoms with Gasteiger partial charge in [-0.3, -0.25) is 4.99 Å². The fourth-order valence-corrected chi connectivity index (χ4v) is 1.50. The summed E-state index contributed by atoms with van der Waals surface area (Å²) in [4.78, 5) is 12.7. The SMILES string of the molecule is CC(C)(C)C1(C)C=Cc2ncncc2N=C1. The monoisotopic (exact) mass is 215 g/mol. The molecule has 0 N–H and O–H groups in total. The largest absolute Gasteiger partial charge is 0.256 e. The Bertz CT molecular complexity index is 419. The minimum Gasteiger partial charge on any atom is -0.256 e. The van der Waals surface area contributed by atoms with Crippen molar-refractivity contribution in [3.63, 3.8) is 0 Å². The lowest BCUT2D eigenvalue weighted by molar-refractivity contribution is 0.258. The van der Waals surface area contributed by atoms with Gasteiger partial charge in [0.2, 0.25) is 0 Å². The molecule has 2 heterocycles. The van der Waals surface area contributed by atoms with Gasteiger partial charge in [0.1, 0.15) is 12.0 Å². The van der Waals surface area contributed by atoms with E-state index in [0.29, 0.717) is 0 Å². The number of fused-ring (bicyclic) bond motifs is 1. The summed E-state index contributed by atoms with van der Waals surface area (Å²) in [6.07, 6.45) is 9.51. The van der Waals surface area contributed by atoms with Crippen LogP contribution in [0.4, 0.5) is 5.69 Å². The van der Waals surface area contributed by atoms with Crippen LogP contribution in [0.3, 0.4) is 0 Å². The van der Waals surface area contributed by atoms with Crippen molar-refractivity contribution in [1.82, 2.24) is 9.97 Å². The second kappa shape index (κ2) is 3.51. The third-order valence-electron chi connectivity index (χ3n) is 3.40. The highest BCUT2D eigenvalue weighted by atomic mass is 14.9. The van der Waals surface area contributed by atoms with E-state index in [1.165, 1.54) is 0 Å². The average Bonchev–Trinajstić information content (AvgIpc) is 2.39. The third-order valence-corrected chi connectivity index (χ3v) is 3.40. The molecule has 0 aliphatic carbocycles. The van der Waals surface area contributed by atoms with E-state index >= 15 is 0 Å². The van der Waals surface area contributed by atoms with Gasteiger partial charge in [0.25, 0.3) is 0 Å². The van der Waals surface area contributed by atoms with Crippen molar-refractivity contribution in [2.75, 3.05) is 0 Å². The maximum absolute atomic E-state index is 4.49. The predicted octanol–water partition coefficient (Wildman–Crippen LogP) is 3.26. The molecule has 0 saturated heterocycles. The second-order valence-corrected chi connectivity index (χ2v) is 5.42. The number of nitrogens with zero attached hydrogens (tertiary/aromatic N) is 3. The molecule has 16 heavy (non-hydrogen) atoms. The number of hydrogen-bond donors (Lipinski definition) is 0. The summed E-state index contributed by atoms with van der Waals surface area (Å²) in [6, 6.07) is 0. The van der Waals surface area contributed by atoms with Gasteiger partial charge >= 0.3 is 0 Å². The summed E-state index contributed by atoms with van der Waals surface area (Å²) in [7, 11) is 0. The Kier molecular flexibility index (Phi) is 2.41. The lowest BCUT2D eigenvalue weighted by Crippen LogP contribution is -2.31. The molecule has 0 bridgehead atoms. The molecule has 1 unspecified atom stereocenters. The summed E-state index contributed by atoms with van der Waals surface area (Å²) in [6.45, 7) is 8.83. The lowest BCUT2D eigenvalue weighted by Gasteiger charge is -2.35. The molecule has 0 spiro atoms. The number of rotatable bonds is 0. The molecule has 84 valence electrons. The van der Waals surface area contributed by atoms with E-state index in [1.54, 1.807) is 12.5 Å². The Morgan fingerprint density at radius 1 is 1.25 bits per heavy atom. The summed E-state index contributed by atoms with van der Waals surface area (Å²) < 4.78 is 0. The number of allylic oxidation sites excluding steroid dienone is 1. The Morgan fingerprint density at radius 3 is 2.69 bits per heavy atom. The van der Waals surface area contributed by atoms with Crippen LogP contribution in [0.25, 0.3) is 6.08 Å². The topological polar surface area (TPSA) is 38.1 Å². The van der Waals surface area contributed by atoms with E-state index in [1.807, 2.05) is 12.3 Å². The van der Waals surface area contributed by atoms with Gasteiger partial charge in [-0.15, -0.1) is 0 Å². The van der Waals surface area contributed by atoms with Crippen molar-refractivity contribution in [2.45, 2.75) is 27.7 Å². The molecular weight excluding hydrogens is 198 g/mol. The maximum atomic E-state index is 4.49. The van der Waals surface area contributed by atoms with Gasteiger partial charge in [-0.2, -0.15) is 0 Å². The van der Waals surface area contributed by atoms with Gasteiger partial charge in [0.05, 0.1) is 11.9 Å². The molecule has 1 aliphatic rings. The predicted molar refractivity (Wildman–Crippen MR) is 66.8 cm³/mol. The van der Waals surface area contributed by atoms with Gasteiger partial charge in [0, 0.05) is 11.6 Å². The molecule has 3 nitrogen and oxygen atoms in total. The van der Waals surface area contributed by atoms with Crippen LogP contribution in [-0.2, 0) is 0 Å². The third kappa shape index (κ3) is 1.77. The first-order chi connectivity index (χ1) is 7.42. The van der Waals surface area contributed by atoms with E-state index in [0.717, 1.165) is 11.4 Å². The van der Waals surface area contributed by atoms with Crippen molar-refractivity contribution in [3.8, 4) is 0 Å². The molecule has 0 amide bonds. The molecule has 1 aromatic heterocycles. The van der Waals surface area contributed by atoms with E-state index in [4.69, 9.17) is 0 Å². The van der Waals surface area contributed by atoms with Crippen molar-refractivity contribution in [2.24, 2.45) is 15.8 Å². The molecule has 0 aromatic carbocycles. The normalized spacial score (nSPS) is 24.0. The van der Waals surface area contributed by atoms with Gasteiger partial charge < -0.3 is 0 Å². The molecule has 0 fully saturated rings. The summed E-state index contributed by atoms with van der Waals surface area (Å²) in [5.74, 6) is 0. The van der Waals surface area contributed by atoms with Crippen LogP contribution in [0.5, 0.6) is 0 Å². The fourth-order valence-electron chi connectivity index (χ4n) is 1.50. The average molecular weight is 215 g/mol. The minimum absolute atomic E-state index is 0.0618. The zero-order valence-corrected chi connectivity index (χ0v) is 10.2. The quantitative estimate of drug-likeness (QED) is 0.666. The van der Waals surface area contributed by atoms with Crippen molar-refractivity contribution in [3.05, 3.63) is 24.3 Å². The smallest absolute Gasteiger partial charge is 0.116 e. The highest BCUT2D eigenvalue weighted by Crippen LogP contribution is 2.40. The Balaban J connectivity index is 2.49. The van der Waals surface area contributed by atoms with Crippen LogP contribution in [0.1, 0.15) is 33.4 Å². The van der Waals surface area contributed by atoms with E-state index in [2.05, 4.69) is 48.7 Å². The summed E-state index contributed by atoms with van der Waals surface area (Å²) >= 11 is 0. The first kappa shape index (κ1) is 11.0. The molecular formula is C13H17N3. The number of aromatic nitrogens is 2. The standard InChI is InChI=1S/C13H17N3/c1-12(2,3)13(4)6-5-10-11(15-8-13)7-14-9-16-10/h5-9H,1-4H3. The van der Waals surface area contributed by atoms with Crippen LogP contribution in [0.2, 0.25) is 0 Å². The van der Waals surface area contributed by atoms with Crippen molar-refractivity contribution >= 4 is 18.0 Å². The first-order valence-corrected chi connectivity index (χ1v) is 5.47. The van der Waals surface area contributed by atoms with Crippen LogP contribution >= 0.6 is 0 Å². The maximum Gasteiger partial charge on any atom is 0.116 e. The van der Waals surface area contributed by atoms with Crippen LogP contribution in [0.15, 0.2) is 23.6 Å². The molecule has 3 heteroatoms. The zero-order chi connectivity index (χ0) is 11.8. The first-order valence-electron chi connectivity index (χ1n) is 5.47. The number of hydrogen-bond acceptors (Lipinski definition) is 3. The van der Waals surface area contributed by atoms with E-state index in [-0.39, 0.29) is 10.8 Å². The van der Waals surface area contributed by atoms with Gasteiger partial charge in [-0.1, -0.05) is 33.8 Å². The minimum atomic E-state index is -0.0618. The number of aliphatic imine (C=N–C) groups is 1. The Morgan fingerprint density at radius 2 is 2.00 bits per heavy atom.